The molecular weight excluding hydrogens is 391 g/mol. The van der Waals surface area contributed by atoms with Gasteiger partial charge in [0.25, 0.3) is 0 Å². The second-order valence-electron chi connectivity index (χ2n) is 9.55. The number of methoxy groups -OCH3 is 1. The van der Waals surface area contributed by atoms with Crippen molar-refractivity contribution in [1.29, 1.82) is 0 Å². The van der Waals surface area contributed by atoms with Gasteiger partial charge in [-0.05, 0) is 85.3 Å². The maximum Gasteiger partial charge on any atom is 0.306 e. The third-order valence-corrected chi connectivity index (χ3v) is 7.48. The molecule has 162 valence electrons. The number of hydrogen-bond donors (Lipinski definition) is 0. The first-order chi connectivity index (χ1) is 15.0. The number of benzene rings is 2. The lowest BCUT2D eigenvalue weighted by Crippen LogP contribution is -2.16. The number of ether oxygens (including phenoxy) is 2. The maximum atomic E-state index is 14.1. The Balaban J connectivity index is 1.26. The largest absolute Gasteiger partial charge is 0.497 e. The first kappa shape index (κ1) is 20.3. The molecule has 3 atom stereocenters. The Kier molecular flexibility index (Phi) is 5.33. The summed E-state index contributed by atoms with van der Waals surface area (Å²) in [5.41, 5.74) is 4.94. The summed E-state index contributed by atoms with van der Waals surface area (Å²) >= 11 is 0. The second-order valence-corrected chi connectivity index (χ2v) is 9.55. The van der Waals surface area contributed by atoms with Crippen molar-refractivity contribution in [3.05, 3.63) is 70.5 Å². The third-order valence-electron chi connectivity index (χ3n) is 7.48. The molecule has 5 rings (SSSR count). The Morgan fingerprint density at radius 1 is 1.16 bits per heavy atom. The molecule has 3 aliphatic rings. The van der Waals surface area contributed by atoms with Crippen LogP contribution in [0.25, 0.3) is 6.08 Å². The molecule has 1 spiro atoms. The van der Waals surface area contributed by atoms with E-state index in [-0.39, 0.29) is 17.2 Å². The van der Waals surface area contributed by atoms with E-state index in [1.54, 1.807) is 19.2 Å². The molecule has 3 nitrogen and oxygen atoms in total. The average Bonchev–Trinajstić information content (AvgIpc) is 3.37. The van der Waals surface area contributed by atoms with Crippen LogP contribution in [0.15, 0.2) is 42.5 Å². The molecule has 2 aromatic rings. The van der Waals surface area contributed by atoms with Gasteiger partial charge in [0.15, 0.2) is 0 Å². The highest BCUT2D eigenvalue weighted by Gasteiger charge is 2.46. The van der Waals surface area contributed by atoms with E-state index in [1.807, 2.05) is 6.08 Å². The Morgan fingerprint density at radius 3 is 2.87 bits per heavy atom. The van der Waals surface area contributed by atoms with Gasteiger partial charge in [-0.2, -0.15) is 0 Å². The number of cyclic esters (lactones) is 1. The van der Waals surface area contributed by atoms with E-state index >= 15 is 0 Å². The molecule has 0 unspecified atom stereocenters. The molecular formula is C27H29FO3. The van der Waals surface area contributed by atoms with Gasteiger partial charge < -0.3 is 9.47 Å². The summed E-state index contributed by atoms with van der Waals surface area (Å²) in [6.45, 7) is 0.606. The molecule has 0 amide bonds. The summed E-state index contributed by atoms with van der Waals surface area (Å²) in [5.74, 6) is 1.37. The Morgan fingerprint density at radius 2 is 2.06 bits per heavy atom. The van der Waals surface area contributed by atoms with Crippen molar-refractivity contribution in [2.24, 2.45) is 11.3 Å². The summed E-state index contributed by atoms with van der Waals surface area (Å²) in [6.07, 6.45) is 11.1. The minimum Gasteiger partial charge on any atom is -0.497 e. The van der Waals surface area contributed by atoms with Gasteiger partial charge in [0.1, 0.15) is 11.6 Å². The van der Waals surface area contributed by atoms with Crippen molar-refractivity contribution < 1.29 is 18.7 Å². The highest BCUT2D eigenvalue weighted by molar-refractivity contribution is 5.72. The number of hydrogen-bond acceptors (Lipinski definition) is 3. The average molecular weight is 421 g/mol. The lowest BCUT2D eigenvalue weighted by molar-refractivity contribution is -0.137. The van der Waals surface area contributed by atoms with Gasteiger partial charge in [0.05, 0.1) is 20.1 Å². The molecule has 1 aliphatic heterocycles. The van der Waals surface area contributed by atoms with Crippen LogP contribution in [0, 0.1) is 17.2 Å². The van der Waals surface area contributed by atoms with Gasteiger partial charge in [-0.15, -0.1) is 0 Å². The predicted molar refractivity (Wildman–Crippen MR) is 119 cm³/mol. The quantitative estimate of drug-likeness (QED) is 0.582. The summed E-state index contributed by atoms with van der Waals surface area (Å²) in [4.78, 5) is 11.6. The molecule has 0 radical (unpaired) electrons. The molecule has 0 bridgehead atoms. The zero-order valence-corrected chi connectivity index (χ0v) is 18.0. The van der Waals surface area contributed by atoms with Crippen LogP contribution in [-0.2, 0) is 22.4 Å². The van der Waals surface area contributed by atoms with Gasteiger partial charge in [0, 0.05) is 11.0 Å². The van der Waals surface area contributed by atoms with Crippen LogP contribution >= 0.6 is 0 Å². The lowest BCUT2D eigenvalue weighted by Gasteiger charge is -2.24. The number of fused-ring (bicyclic) bond motifs is 1. The normalized spacial score (nSPS) is 27.6. The van der Waals surface area contributed by atoms with E-state index in [9.17, 15) is 9.18 Å². The van der Waals surface area contributed by atoms with E-state index in [0.717, 1.165) is 38.5 Å². The SMILES string of the molecule is COc1ccc(F)c(/C=C/[C@@H]2CCc3cc([C@H]4CC[C@]5(COC(=O)C5)C4)ccc3C2)c1. The molecule has 31 heavy (non-hydrogen) atoms. The van der Waals surface area contributed by atoms with Crippen LogP contribution in [0.2, 0.25) is 0 Å². The lowest BCUT2D eigenvalue weighted by atomic mass is 9.80. The van der Waals surface area contributed by atoms with Gasteiger partial charge in [-0.1, -0.05) is 30.4 Å². The first-order valence-corrected chi connectivity index (χ1v) is 11.3. The number of carbonyl (C=O) groups excluding carboxylic acids is 1. The molecule has 1 saturated carbocycles. The fraction of sp³-hybridized carbons (Fsp3) is 0.444. The number of carbonyl (C=O) groups is 1. The molecule has 4 heteroatoms. The smallest absolute Gasteiger partial charge is 0.306 e. The van der Waals surface area contributed by atoms with Crippen LogP contribution < -0.4 is 4.74 Å². The van der Waals surface area contributed by atoms with E-state index in [1.165, 1.54) is 22.8 Å². The van der Waals surface area contributed by atoms with Crippen molar-refractivity contribution in [2.45, 2.75) is 50.9 Å². The van der Waals surface area contributed by atoms with Crippen molar-refractivity contribution in [1.82, 2.24) is 0 Å². The predicted octanol–water partition coefficient (Wildman–Crippen LogP) is 5.85. The topological polar surface area (TPSA) is 35.5 Å². The first-order valence-electron chi connectivity index (χ1n) is 11.3. The summed E-state index contributed by atoms with van der Waals surface area (Å²) in [6, 6.07) is 11.8. The van der Waals surface area contributed by atoms with Crippen LogP contribution in [0.5, 0.6) is 5.75 Å². The number of allylic oxidation sites excluding steroid dienone is 1. The molecule has 1 saturated heterocycles. The highest BCUT2D eigenvalue weighted by atomic mass is 19.1. The van der Waals surface area contributed by atoms with Crippen LogP contribution in [0.3, 0.4) is 0 Å². The van der Waals surface area contributed by atoms with Crippen LogP contribution in [0.4, 0.5) is 4.39 Å². The zero-order valence-electron chi connectivity index (χ0n) is 18.0. The van der Waals surface area contributed by atoms with Crippen LogP contribution in [0.1, 0.15) is 60.3 Å². The maximum absolute atomic E-state index is 14.1. The molecule has 2 aliphatic carbocycles. The van der Waals surface area contributed by atoms with Gasteiger partial charge in [0.2, 0.25) is 0 Å². The fourth-order valence-corrected chi connectivity index (χ4v) is 5.66. The fourth-order valence-electron chi connectivity index (χ4n) is 5.66. The molecule has 2 aromatic carbocycles. The minimum absolute atomic E-state index is 0.0287. The van der Waals surface area contributed by atoms with Crippen molar-refractivity contribution >= 4 is 12.0 Å². The molecule has 1 heterocycles. The second kappa shape index (κ2) is 8.14. The monoisotopic (exact) mass is 420 g/mol. The van der Waals surface area contributed by atoms with Gasteiger partial charge in [-0.3, -0.25) is 4.79 Å². The Hall–Kier alpha value is -2.62. The standard InChI is InChI=1S/C27H29FO3/c1-30-24-8-9-25(28)22(14-24)5-3-18-2-4-20-13-21(7-6-19(20)12-18)23-10-11-27(15-23)16-26(29)31-17-27/h3,5-9,13-14,18,23H,2,4,10-12,15-17H2,1H3/b5-3+/t18-,23-,27-/m0/s1. The summed E-state index contributed by atoms with van der Waals surface area (Å²) in [7, 11) is 1.60. The third kappa shape index (κ3) is 4.13. The van der Waals surface area contributed by atoms with Crippen molar-refractivity contribution in [3.8, 4) is 5.75 Å². The summed E-state index contributed by atoms with van der Waals surface area (Å²) < 4.78 is 24.6. The van der Waals surface area contributed by atoms with Crippen LogP contribution in [-0.4, -0.2) is 19.7 Å². The van der Waals surface area contributed by atoms with E-state index in [0.29, 0.717) is 36.2 Å². The van der Waals surface area contributed by atoms with E-state index in [4.69, 9.17) is 9.47 Å². The highest BCUT2D eigenvalue weighted by Crippen LogP contribution is 2.51. The van der Waals surface area contributed by atoms with E-state index in [2.05, 4.69) is 24.3 Å². The molecule has 0 aromatic heterocycles. The number of aryl methyl sites for hydroxylation is 1. The number of rotatable bonds is 4. The molecule has 2 fully saturated rings. The Labute approximate surface area is 183 Å². The number of esters is 1. The van der Waals surface area contributed by atoms with Crippen molar-refractivity contribution in [2.75, 3.05) is 13.7 Å². The summed E-state index contributed by atoms with van der Waals surface area (Å²) in [5, 5.41) is 0. The zero-order chi connectivity index (χ0) is 21.4. The van der Waals surface area contributed by atoms with Gasteiger partial charge >= 0.3 is 5.97 Å². The van der Waals surface area contributed by atoms with Crippen molar-refractivity contribution in [3.63, 3.8) is 0 Å². The minimum atomic E-state index is -0.221. The number of halogens is 1. The Bertz CT molecular complexity index is 1030. The van der Waals surface area contributed by atoms with E-state index < -0.39 is 0 Å². The van der Waals surface area contributed by atoms with Gasteiger partial charge in [-0.25, -0.2) is 4.39 Å². The molecule has 0 N–H and O–H groups in total.